The Hall–Kier alpha value is -2.66. The molecule has 0 aliphatic heterocycles. The number of carbonyl (C=O) groups is 2. The maximum atomic E-state index is 12.1. The van der Waals surface area contributed by atoms with Crippen molar-refractivity contribution in [3.05, 3.63) is 72.9 Å². The Bertz CT molecular complexity index is 849. The van der Waals surface area contributed by atoms with Gasteiger partial charge in [0.15, 0.2) is 6.10 Å². The van der Waals surface area contributed by atoms with Crippen LogP contribution < -0.4 is 0 Å². The lowest BCUT2D eigenvalue weighted by atomic mass is 10.0. The van der Waals surface area contributed by atoms with Gasteiger partial charge in [-0.25, -0.2) is 0 Å². The summed E-state index contributed by atoms with van der Waals surface area (Å²) >= 11 is 0. The van der Waals surface area contributed by atoms with Crippen LogP contribution in [0.25, 0.3) is 0 Å². The number of esters is 2. The van der Waals surface area contributed by atoms with Crippen LogP contribution in [0.4, 0.5) is 0 Å². The maximum absolute atomic E-state index is 12.1. The van der Waals surface area contributed by atoms with E-state index in [4.69, 9.17) is 9.47 Å². The van der Waals surface area contributed by atoms with E-state index in [2.05, 4.69) is 74.6 Å². The van der Waals surface area contributed by atoms with Gasteiger partial charge in [0.1, 0.15) is 6.61 Å². The van der Waals surface area contributed by atoms with Crippen LogP contribution in [0, 0.1) is 0 Å². The Morgan fingerprint density at radius 2 is 0.956 bits per heavy atom. The monoisotopic (exact) mass is 626 g/mol. The average Bonchev–Trinajstić information content (AvgIpc) is 3.04. The molecule has 1 atom stereocenters. The number of rotatable bonds is 31. The smallest absolute Gasteiger partial charge is 0.306 e. The van der Waals surface area contributed by atoms with Gasteiger partial charge in [-0.2, -0.15) is 0 Å². The summed E-state index contributed by atoms with van der Waals surface area (Å²) in [6, 6.07) is 0. The van der Waals surface area contributed by atoms with Gasteiger partial charge in [0.05, 0.1) is 6.61 Å². The van der Waals surface area contributed by atoms with Crippen molar-refractivity contribution < 1.29 is 24.2 Å². The SMILES string of the molecule is CCC=CCC=CCC=CCC=CCC=CCC=CCCC(=O)OC[C@H](CO)OC(=O)CCCCCCCCCCCCCC. The molecule has 0 fully saturated rings. The van der Waals surface area contributed by atoms with E-state index in [9.17, 15) is 14.7 Å². The first-order chi connectivity index (χ1) is 22.1. The Morgan fingerprint density at radius 3 is 1.40 bits per heavy atom. The van der Waals surface area contributed by atoms with Gasteiger partial charge in [-0.15, -0.1) is 0 Å². The van der Waals surface area contributed by atoms with Gasteiger partial charge in [-0.3, -0.25) is 9.59 Å². The molecule has 0 amide bonds. The first-order valence-corrected chi connectivity index (χ1v) is 18.0. The Kier molecular flexibility index (Phi) is 33.7. The first-order valence-electron chi connectivity index (χ1n) is 18.0. The minimum Gasteiger partial charge on any atom is -0.462 e. The normalized spacial score (nSPS) is 13.0. The lowest BCUT2D eigenvalue weighted by Crippen LogP contribution is -2.28. The molecule has 1 N–H and O–H groups in total. The summed E-state index contributed by atoms with van der Waals surface area (Å²) in [5, 5.41) is 9.51. The summed E-state index contributed by atoms with van der Waals surface area (Å²) in [5.41, 5.74) is 0. The summed E-state index contributed by atoms with van der Waals surface area (Å²) in [4.78, 5) is 24.1. The second kappa shape index (κ2) is 35.8. The molecule has 0 aromatic rings. The molecule has 0 radical (unpaired) electrons. The number of carbonyl (C=O) groups excluding carboxylic acids is 2. The predicted octanol–water partition coefficient (Wildman–Crippen LogP) is 11.0. The molecule has 0 aromatic heterocycles. The molecule has 0 saturated carbocycles. The van der Waals surface area contributed by atoms with Crippen molar-refractivity contribution in [3.8, 4) is 0 Å². The van der Waals surface area contributed by atoms with Crippen LogP contribution in [0.5, 0.6) is 0 Å². The summed E-state index contributed by atoms with van der Waals surface area (Å²) in [6.07, 6.45) is 46.8. The second-order valence-electron chi connectivity index (χ2n) is 11.6. The topological polar surface area (TPSA) is 72.8 Å². The molecule has 5 nitrogen and oxygen atoms in total. The molecule has 0 spiro atoms. The molecular weight excluding hydrogens is 560 g/mol. The number of unbranched alkanes of at least 4 members (excludes halogenated alkanes) is 11. The van der Waals surface area contributed by atoms with E-state index in [1.165, 1.54) is 57.8 Å². The molecule has 0 saturated heterocycles. The standard InChI is InChI=1S/C40H66O5/c1-3-5-7-9-11-13-15-17-18-19-20-21-22-23-25-26-28-30-32-34-39(42)44-37-38(36-41)45-40(43)35-33-31-29-27-24-16-14-12-10-8-6-4-2/h5,7,11,13,17-18,20-21,23,25,28,30,38,41H,3-4,6,8-10,12,14-16,19,22,24,26-27,29,31-37H2,1-2H3/t38-/m0/s1. The first kappa shape index (κ1) is 42.3. The molecule has 0 aliphatic rings. The van der Waals surface area contributed by atoms with E-state index in [0.29, 0.717) is 12.8 Å². The lowest BCUT2D eigenvalue weighted by Gasteiger charge is -2.15. The Morgan fingerprint density at radius 1 is 0.533 bits per heavy atom. The molecule has 5 heteroatoms. The van der Waals surface area contributed by atoms with Gasteiger partial charge in [0.25, 0.3) is 0 Å². The number of aliphatic hydroxyl groups is 1. The van der Waals surface area contributed by atoms with Crippen LogP contribution in [-0.4, -0.2) is 36.4 Å². The average molecular weight is 627 g/mol. The molecule has 0 aromatic carbocycles. The number of ether oxygens (including phenoxy) is 2. The Balaban J connectivity index is 3.74. The van der Waals surface area contributed by atoms with Crippen molar-refractivity contribution in [1.29, 1.82) is 0 Å². The summed E-state index contributed by atoms with van der Waals surface area (Å²) in [6.45, 7) is 3.93. The predicted molar refractivity (Wildman–Crippen MR) is 191 cm³/mol. The third kappa shape index (κ3) is 34.1. The van der Waals surface area contributed by atoms with E-state index >= 15 is 0 Å². The molecule has 0 aliphatic carbocycles. The quantitative estimate of drug-likeness (QED) is 0.0471. The van der Waals surface area contributed by atoms with Crippen LogP contribution in [-0.2, 0) is 19.1 Å². The largest absolute Gasteiger partial charge is 0.462 e. The molecular formula is C40H66O5. The zero-order chi connectivity index (χ0) is 32.9. The maximum Gasteiger partial charge on any atom is 0.306 e. The number of hydrogen-bond acceptors (Lipinski definition) is 5. The third-order valence-corrected chi connectivity index (χ3v) is 7.28. The fourth-order valence-electron chi connectivity index (χ4n) is 4.58. The van der Waals surface area contributed by atoms with Crippen LogP contribution in [0.3, 0.4) is 0 Å². The highest BCUT2D eigenvalue weighted by atomic mass is 16.6. The van der Waals surface area contributed by atoms with Gasteiger partial charge >= 0.3 is 11.9 Å². The van der Waals surface area contributed by atoms with Crippen molar-refractivity contribution in [3.63, 3.8) is 0 Å². The summed E-state index contributed by atoms with van der Waals surface area (Å²) < 4.78 is 10.5. The van der Waals surface area contributed by atoms with Gasteiger partial charge in [-0.05, 0) is 51.4 Å². The van der Waals surface area contributed by atoms with Gasteiger partial charge in [-0.1, -0.05) is 157 Å². The minimum atomic E-state index is -0.801. The molecule has 0 rings (SSSR count). The minimum absolute atomic E-state index is 0.108. The van der Waals surface area contributed by atoms with Gasteiger partial charge in [0, 0.05) is 12.8 Å². The van der Waals surface area contributed by atoms with Crippen molar-refractivity contribution in [2.24, 2.45) is 0 Å². The van der Waals surface area contributed by atoms with Crippen LogP contribution in [0.2, 0.25) is 0 Å². The molecule has 45 heavy (non-hydrogen) atoms. The zero-order valence-corrected chi connectivity index (χ0v) is 28.8. The van der Waals surface area contributed by atoms with E-state index < -0.39 is 6.10 Å². The fraction of sp³-hybridized carbons (Fsp3) is 0.650. The fourth-order valence-corrected chi connectivity index (χ4v) is 4.58. The number of aliphatic hydroxyl groups excluding tert-OH is 1. The van der Waals surface area contributed by atoms with E-state index in [0.717, 1.165) is 57.8 Å². The van der Waals surface area contributed by atoms with Gasteiger partial charge < -0.3 is 14.6 Å². The van der Waals surface area contributed by atoms with Crippen molar-refractivity contribution in [2.75, 3.05) is 13.2 Å². The van der Waals surface area contributed by atoms with E-state index in [1.807, 2.05) is 12.2 Å². The van der Waals surface area contributed by atoms with E-state index in [1.54, 1.807) is 0 Å². The van der Waals surface area contributed by atoms with E-state index in [-0.39, 0.29) is 31.6 Å². The molecule has 0 unspecified atom stereocenters. The number of allylic oxidation sites excluding steroid dienone is 12. The second-order valence-corrected chi connectivity index (χ2v) is 11.6. The van der Waals surface area contributed by atoms with Crippen LogP contribution in [0.15, 0.2) is 72.9 Å². The summed E-state index contributed by atoms with van der Waals surface area (Å²) in [5.74, 6) is -0.694. The molecule has 0 bridgehead atoms. The molecule has 256 valence electrons. The summed E-state index contributed by atoms with van der Waals surface area (Å²) in [7, 11) is 0. The highest BCUT2D eigenvalue weighted by Crippen LogP contribution is 2.13. The van der Waals surface area contributed by atoms with Gasteiger partial charge in [0.2, 0.25) is 0 Å². The van der Waals surface area contributed by atoms with Crippen LogP contribution >= 0.6 is 0 Å². The Labute approximate surface area is 276 Å². The highest BCUT2D eigenvalue weighted by Gasteiger charge is 2.15. The van der Waals surface area contributed by atoms with Crippen LogP contribution in [0.1, 0.15) is 149 Å². The van der Waals surface area contributed by atoms with Crippen molar-refractivity contribution in [1.82, 2.24) is 0 Å². The lowest BCUT2D eigenvalue weighted by molar-refractivity contribution is -0.161. The van der Waals surface area contributed by atoms with Crippen molar-refractivity contribution in [2.45, 2.75) is 155 Å². The van der Waals surface area contributed by atoms with Crippen molar-refractivity contribution >= 4 is 11.9 Å². The zero-order valence-electron chi connectivity index (χ0n) is 28.8. The number of hydrogen-bond donors (Lipinski definition) is 1. The highest BCUT2D eigenvalue weighted by molar-refractivity contribution is 5.70. The molecule has 0 heterocycles. The third-order valence-electron chi connectivity index (χ3n) is 7.28.